The largest absolute Gasteiger partial charge is 0.506 e. The van der Waals surface area contributed by atoms with Crippen LogP contribution in [0.25, 0.3) is 33.1 Å². The quantitative estimate of drug-likeness (QED) is 0.378. The molecule has 9 heteroatoms. The lowest BCUT2D eigenvalue weighted by atomic mass is 9.99. The third-order valence-electron chi connectivity index (χ3n) is 6.38. The first-order valence-corrected chi connectivity index (χ1v) is 11.7. The summed E-state index contributed by atoms with van der Waals surface area (Å²) in [6.45, 7) is 5.20. The minimum absolute atomic E-state index is 0.0274. The second kappa shape index (κ2) is 9.27. The van der Waals surface area contributed by atoms with E-state index in [2.05, 4.69) is 20.1 Å². The van der Waals surface area contributed by atoms with Crippen molar-refractivity contribution in [2.24, 2.45) is 0 Å². The van der Waals surface area contributed by atoms with Crippen molar-refractivity contribution in [2.45, 2.75) is 26.2 Å². The highest BCUT2D eigenvalue weighted by molar-refractivity contribution is 6.32. The molecule has 1 fully saturated rings. The van der Waals surface area contributed by atoms with E-state index < -0.39 is 5.82 Å². The molecule has 1 aliphatic heterocycles. The lowest BCUT2D eigenvalue weighted by molar-refractivity contribution is 0.180. The summed E-state index contributed by atoms with van der Waals surface area (Å²) in [5, 5.41) is 18.8. The number of benzene rings is 2. The van der Waals surface area contributed by atoms with Gasteiger partial charge in [-0.25, -0.2) is 9.37 Å². The standard InChI is InChI=1S/C25H26ClFN4O3/c1-14-20-16-13-19(34-11-10-31-8-4-3-5-9-31)24(33-2)22(27)21(16)23(28-25(20)30-29-14)15-6-7-18(32)17(26)12-15/h6-7,12-13,32H,3-5,8-11H2,1-2H3,(H,28,29,30). The summed E-state index contributed by atoms with van der Waals surface area (Å²) in [4.78, 5) is 6.99. The van der Waals surface area contributed by atoms with Crippen LogP contribution in [0.5, 0.6) is 17.2 Å². The van der Waals surface area contributed by atoms with Gasteiger partial charge >= 0.3 is 0 Å². The van der Waals surface area contributed by atoms with E-state index in [1.54, 1.807) is 18.2 Å². The van der Waals surface area contributed by atoms with E-state index in [1.165, 1.54) is 32.4 Å². The Morgan fingerprint density at radius 3 is 2.71 bits per heavy atom. The number of piperidine rings is 1. The molecule has 178 valence electrons. The number of hydrogen-bond donors (Lipinski definition) is 2. The molecular weight excluding hydrogens is 459 g/mol. The van der Waals surface area contributed by atoms with E-state index in [0.29, 0.717) is 40.0 Å². The normalized spacial score (nSPS) is 14.7. The van der Waals surface area contributed by atoms with Gasteiger partial charge in [-0.15, -0.1) is 0 Å². The summed E-state index contributed by atoms with van der Waals surface area (Å²) >= 11 is 6.14. The average Bonchev–Trinajstić information content (AvgIpc) is 3.22. The van der Waals surface area contributed by atoms with Gasteiger partial charge in [-0.3, -0.25) is 10.00 Å². The highest BCUT2D eigenvalue weighted by Gasteiger charge is 2.24. The van der Waals surface area contributed by atoms with Crippen LogP contribution >= 0.6 is 11.6 Å². The second-order valence-electron chi connectivity index (χ2n) is 8.57. The highest BCUT2D eigenvalue weighted by atomic mass is 35.5. The molecule has 0 bridgehead atoms. The predicted octanol–water partition coefficient (Wildman–Crippen LogP) is 5.46. The molecule has 0 amide bonds. The topological polar surface area (TPSA) is 83.5 Å². The number of aromatic nitrogens is 3. The third kappa shape index (κ3) is 4.01. The predicted molar refractivity (Wildman–Crippen MR) is 131 cm³/mol. The lowest BCUT2D eigenvalue weighted by Gasteiger charge is -2.26. The Bertz CT molecular complexity index is 1370. The van der Waals surface area contributed by atoms with Gasteiger partial charge < -0.3 is 14.6 Å². The molecule has 0 unspecified atom stereocenters. The second-order valence-corrected chi connectivity index (χ2v) is 8.98. The smallest absolute Gasteiger partial charge is 0.197 e. The summed E-state index contributed by atoms with van der Waals surface area (Å²) in [6, 6.07) is 6.45. The van der Waals surface area contributed by atoms with E-state index in [1.807, 2.05) is 6.92 Å². The monoisotopic (exact) mass is 484 g/mol. The van der Waals surface area contributed by atoms with Crippen molar-refractivity contribution in [3.05, 3.63) is 40.8 Å². The van der Waals surface area contributed by atoms with E-state index in [9.17, 15) is 5.11 Å². The number of rotatable bonds is 6. The number of aromatic hydroxyl groups is 1. The molecule has 7 nitrogen and oxygen atoms in total. The summed E-state index contributed by atoms with van der Waals surface area (Å²) in [6.07, 6.45) is 3.66. The van der Waals surface area contributed by atoms with Crippen LogP contribution in [-0.2, 0) is 0 Å². The molecule has 2 N–H and O–H groups in total. The van der Waals surface area contributed by atoms with Crippen molar-refractivity contribution in [1.29, 1.82) is 0 Å². The van der Waals surface area contributed by atoms with Crippen LogP contribution in [-0.4, -0.2) is 58.5 Å². The summed E-state index contributed by atoms with van der Waals surface area (Å²) in [5.74, 6) is -0.261. The van der Waals surface area contributed by atoms with E-state index >= 15 is 4.39 Å². The molecular formula is C25H26ClFN4O3. The van der Waals surface area contributed by atoms with Crippen LogP contribution in [0, 0.1) is 12.7 Å². The molecule has 4 aromatic rings. The van der Waals surface area contributed by atoms with Gasteiger partial charge in [-0.2, -0.15) is 5.10 Å². The minimum Gasteiger partial charge on any atom is -0.506 e. The van der Waals surface area contributed by atoms with Crippen molar-refractivity contribution >= 4 is 33.4 Å². The first-order chi connectivity index (χ1) is 16.5. The van der Waals surface area contributed by atoms with Crippen LogP contribution in [0.15, 0.2) is 24.3 Å². The van der Waals surface area contributed by atoms with Crippen molar-refractivity contribution in [3.63, 3.8) is 0 Å². The van der Waals surface area contributed by atoms with Gasteiger partial charge in [0.25, 0.3) is 0 Å². The molecule has 0 spiro atoms. The molecule has 0 aliphatic carbocycles. The van der Waals surface area contributed by atoms with E-state index in [-0.39, 0.29) is 21.9 Å². The van der Waals surface area contributed by atoms with Crippen LogP contribution < -0.4 is 9.47 Å². The molecule has 1 saturated heterocycles. The summed E-state index contributed by atoms with van der Waals surface area (Å²) in [5.41, 5.74) is 2.13. The fourth-order valence-corrected chi connectivity index (χ4v) is 4.83. The Balaban J connectivity index is 1.65. The number of H-pyrrole nitrogens is 1. The van der Waals surface area contributed by atoms with Crippen LogP contribution in [0.2, 0.25) is 5.02 Å². The van der Waals surface area contributed by atoms with Gasteiger partial charge in [0.15, 0.2) is 23.0 Å². The van der Waals surface area contributed by atoms with Crippen molar-refractivity contribution in [2.75, 3.05) is 33.4 Å². The maximum atomic E-state index is 16.0. The number of nitrogens with zero attached hydrogens (tertiary/aromatic N) is 3. The number of likely N-dealkylation sites (tertiary alicyclic amines) is 1. The number of nitrogens with one attached hydrogen (secondary N) is 1. The maximum absolute atomic E-state index is 16.0. The van der Waals surface area contributed by atoms with Crippen LogP contribution in [0.4, 0.5) is 4.39 Å². The molecule has 0 radical (unpaired) electrons. The van der Waals surface area contributed by atoms with E-state index in [4.69, 9.17) is 21.1 Å². The molecule has 0 atom stereocenters. The number of ether oxygens (including phenoxy) is 2. The molecule has 34 heavy (non-hydrogen) atoms. The number of pyridine rings is 1. The number of phenolic OH excluding ortho intramolecular Hbond substituents is 1. The summed E-state index contributed by atoms with van der Waals surface area (Å²) < 4.78 is 27.5. The number of methoxy groups -OCH3 is 1. The molecule has 2 aromatic heterocycles. The highest BCUT2D eigenvalue weighted by Crippen LogP contribution is 2.43. The van der Waals surface area contributed by atoms with Gasteiger partial charge in [-0.05, 0) is 57.1 Å². The Kier molecular flexibility index (Phi) is 6.18. The number of phenols is 1. The Labute approximate surface area is 201 Å². The Morgan fingerprint density at radius 2 is 1.97 bits per heavy atom. The number of aryl methyl sites for hydroxylation is 1. The fourth-order valence-electron chi connectivity index (χ4n) is 4.65. The molecule has 5 rings (SSSR count). The Morgan fingerprint density at radius 1 is 1.18 bits per heavy atom. The Hall–Kier alpha value is -3.10. The van der Waals surface area contributed by atoms with Gasteiger partial charge in [0.05, 0.1) is 17.8 Å². The van der Waals surface area contributed by atoms with Crippen LogP contribution in [0.3, 0.4) is 0 Å². The summed E-state index contributed by atoms with van der Waals surface area (Å²) in [7, 11) is 1.42. The third-order valence-corrected chi connectivity index (χ3v) is 6.68. The molecule has 2 aromatic carbocycles. The van der Waals surface area contributed by atoms with Crippen molar-refractivity contribution < 1.29 is 19.0 Å². The van der Waals surface area contributed by atoms with Gasteiger partial charge in [-0.1, -0.05) is 18.0 Å². The number of halogens is 2. The first-order valence-electron chi connectivity index (χ1n) is 11.4. The van der Waals surface area contributed by atoms with Gasteiger partial charge in [0.1, 0.15) is 12.4 Å². The van der Waals surface area contributed by atoms with E-state index in [0.717, 1.165) is 25.3 Å². The number of hydrogen-bond acceptors (Lipinski definition) is 6. The fraction of sp³-hybridized carbons (Fsp3) is 0.360. The number of fused-ring (bicyclic) bond motifs is 3. The molecule has 3 heterocycles. The zero-order valence-electron chi connectivity index (χ0n) is 19.1. The number of aromatic amines is 1. The first kappa shape index (κ1) is 22.7. The average molecular weight is 485 g/mol. The van der Waals surface area contributed by atoms with Crippen molar-refractivity contribution in [3.8, 4) is 28.5 Å². The van der Waals surface area contributed by atoms with Gasteiger partial charge in [0.2, 0.25) is 0 Å². The maximum Gasteiger partial charge on any atom is 0.197 e. The van der Waals surface area contributed by atoms with Crippen molar-refractivity contribution in [1.82, 2.24) is 20.1 Å². The molecule has 1 aliphatic rings. The zero-order chi connectivity index (χ0) is 23.8. The SMILES string of the molecule is COc1c(OCCN2CCCCC2)cc2c(c(-c3ccc(O)c(Cl)c3)nc3n[nH]c(C)c32)c1F. The van der Waals surface area contributed by atoms with Crippen LogP contribution in [0.1, 0.15) is 25.0 Å². The lowest BCUT2D eigenvalue weighted by Crippen LogP contribution is -2.33. The molecule has 0 saturated carbocycles. The zero-order valence-corrected chi connectivity index (χ0v) is 19.9. The minimum atomic E-state index is -0.567. The van der Waals surface area contributed by atoms with Gasteiger partial charge in [0, 0.05) is 34.0 Å².